The van der Waals surface area contributed by atoms with Crippen molar-refractivity contribution < 1.29 is 4.39 Å². The molecule has 1 N–H and O–H groups in total. The SMILES string of the molecule is Fc1ccc(C=C2CCc3[nH]ccc32)cc1. The van der Waals surface area contributed by atoms with E-state index in [1.54, 1.807) is 0 Å². The topological polar surface area (TPSA) is 15.8 Å². The Morgan fingerprint density at radius 3 is 2.69 bits per heavy atom. The van der Waals surface area contributed by atoms with Crippen LogP contribution in [0.15, 0.2) is 36.5 Å². The van der Waals surface area contributed by atoms with Crippen molar-refractivity contribution in [3.05, 3.63) is 59.2 Å². The molecular formula is C14H12FN. The highest BCUT2D eigenvalue weighted by atomic mass is 19.1. The zero-order valence-electron chi connectivity index (χ0n) is 8.83. The second-order valence-corrected chi connectivity index (χ2v) is 4.09. The molecular weight excluding hydrogens is 201 g/mol. The zero-order valence-corrected chi connectivity index (χ0v) is 8.83. The molecule has 1 aliphatic carbocycles. The van der Waals surface area contributed by atoms with E-state index in [0.29, 0.717) is 0 Å². The molecule has 0 radical (unpaired) electrons. The van der Waals surface area contributed by atoms with E-state index < -0.39 is 0 Å². The van der Waals surface area contributed by atoms with Crippen LogP contribution in [0.5, 0.6) is 0 Å². The summed E-state index contributed by atoms with van der Waals surface area (Å²) in [7, 11) is 0. The molecule has 0 saturated heterocycles. The maximum absolute atomic E-state index is 12.8. The molecule has 0 fully saturated rings. The monoisotopic (exact) mass is 213 g/mol. The van der Waals surface area contributed by atoms with E-state index >= 15 is 0 Å². The fourth-order valence-electron chi connectivity index (χ4n) is 2.22. The third-order valence-corrected chi connectivity index (χ3v) is 3.03. The highest BCUT2D eigenvalue weighted by Gasteiger charge is 2.16. The Labute approximate surface area is 93.6 Å². The molecule has 2 heteroatoms. The quantitative estimate of drug-likeness (QED) is 0.744. The Morgan fingerprint density at radius 2 is 1.88 bits per heavy atom. The molecule has 16 heavy (non-hydrogen) atoms. The van der Waals surface area contributed by atoms with Crippen molar-refractivity contribution in [1.82, 2.24) is 4.98 Å². The van der Waals surface area contributed by atoms with Gasteiger partial charge in [0.05, 0.1) is 0 Å². The van der Waals surface area contributed by atoms with Gasteiger partial charge < -0.3 is 4.98 Å². The number of aromatic nitrogens is 1. The van der Waals surface area contributed by atoms with Crippen molar-refractivity contribution >= 4 is 11.6 Å². The predicted molar refractivity (Wildman–Crippen MR) is 63.4 cm³/mol. The maximum Gasteiger partial charge on any atom is 0.123 e. The zero-order chi connectivity index (χ0) is 11.0. The first-order valence-corrected chi connectivity index (χ1v) is 5.46. The van der Waals surface area contributed by atoms with Crippen LogP contribution in [-0.2, 0) is 6.42 Å². The van der Waals surface area contributed by atoms with Gasteiger partial charge in [0.1, 0.15) is 5.82 Å². The van der Waals surface area contributed by atoms with E-state index in [4.69, 9.17) is 0 Å². The van der Waals surface area contributed by atoms with Crippen LogP contribution in [0.2, 0.25) is 0 Å². The molecule has 1 aromatic carbocycles. The molecule has 0 unspecified atom stereocenters. The summed E-state index contributed by atoms with van der Waals surface area (Å²) in [5.41, 5.74) is 5.02. The average molecular weight is 213 g/mol. The number of fused-ring (bicyclic) bond motifs is 1. The lowest BCUT2D eigenvalue weighted by Gasteiger charge is -1.98. The summed E-state index contributed by atoms with van der Waals surface area (Å²) in [6, 6.07) is 8.73. The molecule has 1 aromatic heterocycles. The molecule has 1 nitrogen and oxygen atoms in total. The van der Waals surface area contributed by atoms with E-state index in [-0.39, 0.29) is 5.82 Å². The molecule has 0 atom stereocenters. The molecule has 0 aliphatic heterocycles. The van der Waals surface area contributed by atoms with E-state index in [1.165, 1.54) is 29.0 Å². The minimum atomic E-state index is -0.184. The lowest BCUT2D eigenvalue weighted by atomic mass is 10.1. The summed E-state index contributed by atoms with van der Waals surface area (Å²) in [5, 5.41) is 0. The lowest BCUT2D eigenvalue weighted by molar-refractivity contribution is 0.628. The smallest absolute Gasteiger partial charge is 0.123 e. The Kier molecular flexibility index (Phi) is 2.13. The van der Waals surface area contributed by atoms with Gasteiger partial charge in [-0.2, -0.15) is 0 Å². The van der Waals surface area contributed by atoms with Crippen LogP contribution in [0.3, 0.4) is 0 Å². The van der Waals surface area contributed by atoms with E-state index in [2.05, 4.69) is 17.1 Å². The van der Waals surface area contributed by atoms with Crippen molar-refractivity contribution in [2.45, 2.75) is 12.8 Å². The van der Waals surface area contributed by atoms with Gasteiger partial charge in [-0.15, -0.1) is 0 Å². The van der Waals surface area contributed by atoms with Crippen LogP contribution in [0.25, 0.3) is 11.6 Å². The van der Waals surface area contributed by atoms with Gasteiger partial charge in [-0.05, 0) is 47.7 Å². The van der Waals surface area contributed by atoms with Crippen LogP contribution in [0.1, 0.15) is 23.2 Å². The van der Waals surface area contributed by atoms with Gasteiger partial charge in [0, 0.05) is 11.9 Å². The predicted octanol–water partition coefficient (Wildman–Crippen LogP) is 3.64. The van der Waals surface area contributed by atoms with Crippen molar-refractivity contribution in [2.75, 3.05) is 0 Å². The van der Waals surface area contributed by atoms with Crippen LogP contribution in [0.4, 0.5) is 4.39 Å². The lowest BCUT2D eigenvalue weighted by Crippen LogP contribution is -1.78. The number of aromatic amines is 1. The van der Waals surface area contributed by atoms with Gasteiger partial charge in [-0.3, -0.25) is 0 Å². The molecule has 0 spiro atoms. The molecule has 0 saturated carbocycles. The number of aryl methyl sites for hydroxylation is 1. The molecule has 1 heterocycles. The van der Waals surface area contributed by atoms with Crippen LogP contribution >= 0.6 is 0 Å². The molecule has 1 aliphatic rings. The van der Waals surface area contributed by atoms with E-state index in [0.717, 1.165) is 18.4 Å². The highest BCUT2D eigenvalue weighted by Crippen LogP contribution is 2.32. The highest BCUT2D eigenvalue weighted by molar-refractivity contribution is 5.84. The number of H-pyrrole nitrogens is 1. The standard InChI is InChI=1S/C14H12FN/c15-12-4-1-10(2-5-12)9-11-3-6-14-13(11)7-8-16-14/h1-2,4-5,7-9,16H,3,6H2. The first-order valence-electron chi connectivity index (χ1n) is 5.46. The largest absolute Gasteiger partial charge is 0.364 e. The molecule has 0 bridgehead atoms. The molecule has 3 rings (SSSR count). The second kappa shape index (κ2) is 3.63. The third kappa shape index (κ3) is 1.56. The van der Waals surface area contributed by atoms with E-state index in [9.17, 15) is 4.39 Å². The summed E-state index contributed by atoms with van der Waals surface area (Å²) in [4.78, 5) is 3.24. The van der Waals surface area contributed by atoms with Gasteiger partial charge >= 0.3 is 0 Å². The normalized spacial score (nSPS) is 16.7. The Morgan fingerprint density at radius 1 is 1.06 bits per heavy atom. The number of rotatable bonds is 1. The minimum Gasteiger partial charge on any atom is -0.364 e. The van der Waals surface area contributed by atoms with Crippen molar-refractivity contribution in [2.24, 2.45) is 0 Å². The van der Waals surface area contributed by atoms with Gasteiger partial charge in [-0.1, -0.05) is 18.2 Å². The number of nitrogens with one attached hydrogen (secondary N) is 1. The number of hydrogen-bond acceptors (Lipinski definition) is 0. The number of benzene rings is 1. The fraction of sp³-hybridized carbons (Fsp3) is 0.143. The van der Waals surface area contributed by atoms with Crippen molar-refractivity contribution in [3.63, 3.8) is 0 Å². The van der Waals surface area contributed by atoms with Crippen molar-refractivity contribution in [1.29, 1.82) is 0 Å². The second-order valence-electron chi connectivity index (χ2n) is 4.09. The summed E-state index contributed by atoms with van der Waals surface area (Å²) >= 11 is 0. The number of hydrogen-bond donors (Lipinski definition) is 1. The fourth-order valence-corrected chi connectivity index (χ4v) is 2.22. The minimum absolute atomic E-state index is 0.184. The number of allylic oxidation sites excluding steroid dienone is 1. The first-order chi connectivity index (χ1) is 7.83. The number of halogens is 1. The Hall–Kier alpha value is -1.83. The summed E-state index contributed by atoms with van der Waals surface area (Å²) in [5.74, 6) is -0.184. The third-order valence-electron chi connectivity index (χ3n) is 3.03. The van der Waals surface area contributed by atoms with Gasteiger partial charge in [0.25, 0.3) is 0 Å². The summed E-state index contributed by atoms with van der Waals surface area (Å²) in [6.07, 6.45) is 6.26. The van der Waals surface area contributed by atoms with Crippen LogP contribution < -0.4 is 0 Å². The van der Waals surface area contributed by atoms with Gasteiger partial charge in [0.2, 0.25) is 0 Å². The molecule has 0 amide bonds. The maximum atomic E-state index is 12.8. The Bertz CT molecular complexity index is 534. The molecule has 80 valence electrons. The van der Waals surface area contributed by atoms with Crippen LogP contribution in [0, 0.1) is 5.82 Å². The summed E-state index contributed by atoms with van der Waals surface area (Å²) < 4.78 is 12.8. The van der Waals surface area contributed by atoms with Gasteiger partial charge in [0.15, 0.2) is 0 Å². The van der Waals surface area contributed by atoms with Gasteiger partial charge in [-0.25, -0.2) is 4.39 Å². The first kappa shape index (κ1) is 9.40. The Balaban J connectivity index is 1.97. The van der Waals surface area contributed by atoms with Crippen molar-refractivity contribution in [3.8, 4) is 0 Å². The van der Waals surface area contributed by atoms with E-state index in [1.807, 2.05) is 18.3 Å². The van der Waals surface area contributed by atoms with Crippen LogP contribution in [-0.4, -0.2) is 4.98 Å². The average Bonchev–Trinajstić information content (AvgIpc) is 2.86. The summed E-state index contributed by atoms with van der Waals surface area (Å²) in [6.45, 7) is 0. The molecule has 2 aromatic rings.